The van der Waals surface area contributed by atoms with Crippen molar-refractivity contribution in [1.29, 1.82) is 0 Å². The first-order valence-electron chi connectivity index (χ1n) is 6.31. The number of nitrogens with zero attached hydrogens (tertiary/aromatic N) is 2. The van der Waals surface area contributed by atoms with E-state index in [2.05, 4.69) is 47.6 Å². The predicted octanol–water partition coefficient (Wildman–Crippen LogP) is 3.12. The van der Waals surface area contributed by atoms with Gasteiger partial charge in [0.2, 0.25) is 5.91 Å². The summed E-state index contributed by atoms with van der Waals surface area (Å²) in [6.45, 7) is 6.16. The van der Waals surface area contributed by atoms with Crippen molar-refractivity contribution in [3.63, 3.8) is 0 Å². The molecule has 2 aromatic rings. The van der Waals surface area contributed by atoms with E-state index in [0.29, 0.717) is 5.75 Å². The number of thioether (sulfide) groups is 1. The van der Waals surface area contributed by atoms with Gasteiger partial charge in [-0.1, -0.05) is 41.3 Å². The number of amides is 1. The van der Waals surface area contributed by atoms with E-state index in [-0.39, 0.29) is 11.9 Å². The Hall–Kier alpha value is -1.40. The van der Waals surface area contributed by atoms with Crippen LogP contribution in [0.15, 0.2) is 28.0 Å². The van der Waals surface area contributed by atoms with Crippen LogP contribution < -0.4 is 5.32 Å². The molecule has 1 unspecified atom stereocenters. The van der Waals surface area contributed by atoms with Gasteiger partial charge < -0.3 is 5.32 Å². The summed E-state index contributed by atoms with van der Waals surface area (Å²) in [6.07, 6.45) is 0. The number of hydrogen-bond acceptors (Lipinski definition) is 5. The van der Waals surface area contributed by atoms with E-state index < -0.39 is 0 Å². The molecule has 4 nitrogen and oxygen atoms in total. The quantitative estimate of drug-likeness (QED) is 0.862. The molecule has 0 saturated carbocycles. The fourth-order valence-electron chi connectivity index (χ4n) is 1.75. The lowest BCUT2D eigenvalue weighted by Crippen LogP contribution is -2.28. The number of carbonyl (C=O) groups excluding carboxylic acids is 1. The second kappa shape index (κ2) is 6.85. The van der Waals surface area contributed by atoms with Gasteiger partial charge in [-0.15, -0.1) is 10.2 Å². The first-order chi connectivity index (χ1) is 9.56. The zero-order valence-electron chi connectivity index (χ0n) is 11.7. The van der Waals surface area contributed by atoms with Gasteiger partial charge in [-0.2, -0.15) is 0 Å². The molecule has 1 aromatic carbocycles. The monoisotopic (exact) mass is 307 g/mol. The summed E-state index contributed by atoms with van der Waals surface area (Å²) in [4.78, 5) is 11.9. The summed E-state index contributed by atoms with van der Waals surface area (Å²) in [5, 5.41) is 10.6. The third-order valence-electron chi connectivity index (χ3n) is 3.08. The zero-order valence-corrected chi connectivity index (χ0v) is 13.3. The summed E-state index contributed by atoms with van der Waals surface area (Å²) < 4.78 is 0.819. The van der Waals surface area contributed by atoms with Gasteiger partial charge in [0, 0.05) is 0 Å². The number of carbonyl (C=O) groups is 1. The maximum Gasteiger partial charge on any atom is 0.230 e. The van der Waals surface area contributed by atoms with E-state index in [1.165, 1.54) is 34.2 Å². The van der Waals surface area contributed by atoms with Crippen LogP contribution >= 0.6 is 23.1 Å². The minimum atomic E-state index is 0.0101. The van der Waals surface area contributed by atoms with Crippen molar-refractivity contribution in [3.05, 3.63) is 40.4 Å². The SMILES string of the molecule is Cc1ccc(C(C)NC(=O)CSc2nncs2)cc1C. The first-order valence-corrected chi connectivity index (χ1v) is 8.18. The highest BCUT2D eigenvalue weighted by atomic mass is 32.2. The van der Waals surface area contributed by atoms with Crippen molar-refractivity contribution >= 4 is 29.0 Å². The number of rotatable bonds is 5. The summed E-state index contributed by atoms with van der Waals surface area (Å²) in [7, 11) is 0. The van der Waals surface area contributed by atoms with Crippen LogP contribution in [0.5, 0.6) is 0 Å². The molecular formula is C14H17N3OS2. The van der Waals surface area contributed by atoms with Gasteiger partial charge in [-0.05, 0) is 37.5 Å². The van der Waals surface area contributed by atoms with Gasteiger partial charge in [-0.3, -0.25) is 4.79 Å². The third-order valence-corrected chi connectivity index (χ3v) is 4.94. The maximum absolute atomic E-state index is 11.9. The van der Waals surface area contributed by atoms with E-state index in [1.807, 2.05) is 6.92 Å². The van der Waals surface area contributed by atoms with Crippen LogP contribution in [0.1, 0.15) is 29.7 Å². The minimum absolute atomic E-state index is 0.0101. The first kappa shape index (κ1) is 15.0. The molecule has 1 heterocycles. The number of aryl methyl sites for hydroxylation is 2. The molecule has 1 aromatic heterocycles. The van der Waals surface area contributed by atoms with Gasteiger partial charge >= 0.3 is 0 Å². The summed E-state index contributed by atoms with van der Waals surface area (Å²) in [6, 6.07) is 6.28. The van der Waals surface area contributed by atoms with Crippen LogP contribution in [-0.4, -0.2) is 21.9 Å². The molecule has 0 aliphatic heterocycles. The van der Waals surface area contributed by atoms with Gasteiger partial charge in [0.25, 0.3) is 0 Å². The van der Waals surface area contributed by atoms with Crippen LogP contribution in [0.3, 0.4) is 0 Å². The summed E-state index contributed by atoms with van der Waals surface area (Å²) >= 11 is 2.86. The molecule has 1 amide bonds. The highest BCUT2D eigenvalue weighted by molar-refractivity contribution is 8.01. The number of nitrogens with one attached hydrogen (secondary N) is 1. The Morgan fingerprint density at radius 2 is 2.20 bits per heavy atom. The average Bonchev–Trinajstić information content (AvgIpc) is 2.92. The average molecular weight is 307 g/mol. The lowest BCUT2D eigenvalue weighted by atomic mass is 10.0. The molecule has 1 atom stereocenters. The molecule has 1 N–H and O–H groups in total. The molecular weight excluding hydrogens is 290 g/mol. The normalized spacial score (nSPS) is 12.2. The Labute approximate surface area is 127 Å². The van der Waals surface area contributed by atoms with E-state index in [1.54, 1.807) is 5.51 Å². The van der Waals surface area contributed by atoms with Crippen molar-refractivity contribution in [1.82, 2.24) is 15.5 Å². The van der Waals surface area contributed by atoms with E-state index in [4.69, 9.17) is 0 Å². The standard InChI is InChI=1S/C14H17N3OS2/c1-9-4-5-12(6-10(9)2)11(3)16-13(18)7-19-14-17-15-8-20-14/h4-6,8,11H,7H2,1-3H3,(H,16,18). The Morgan fingerprint density at radius 3 is 2.85 bits per heavy atom. The van der Waals surface area contributed by atoms with Crippen molar-refractivity contribution in [2.45, 2.75) is 31.2 Å². The Bertz CT molecular complexity index is 584. The Balaban J connectivity index is 1.88. The maximum atomic E-state index is 11.9. The molecule has 0 aliphatic rings. The molecule has 0 radical (unpaired) electrons. The van der Waals surface area contributed by atoms with Gasteiger partial charge in [0.1, 0.15) is 5.51 Å². The van der Waals surface area contributed by atoms with E-state index in [9.17, 15) is 4.79 Å². The highest BCUT2D eigenvalue weighted by Gasteiger charge is 2.11. The fraction of sp³-hybridized carbons (Fsp3) is 0.357. The van der Waals surface area contributed by atoms with Crippen LogP contribution in [0.25, 0.3) is 0 Å². The molecule has 0 aliphatic carbocycles. The molecule has 0 spiro atoms. The highest BCUT2D eigenvalue weighted by Crippen LogP contribution is 2.20. The number of hydrogen-bond donors (Lipinski definition) is 1. The molecule has 106 valence electrons. The smallest absolute Gasteiger partial charge is 0.230 e. The molecule has 6 heteroatoms. The van der Waals surface area contributed by atoms with Crippen LogP contribution in [0, 0.1) is 13.8 Å². The molecule has 0 fully saturated rings. The molecule has 20 heavy (non-hydrogen) atoms. The topological polar surface area (TPSA) is 54.9 Å². The lowest BCUT2D eigenvalue weighted by molar-refractivity contribution is -0.119. The third kappa shape index (κ3) is 4.05. The van der Waals surface area contributed by atoms with Gasteiger partial charge in [-0.25, -0.2) is 0 Å². The zero-order chi connectivity index (χ0) is 14.5. The van der Waals surface area contributed by atoms with Crippen molar-refractivity contribution in [2.75, 3.05) is 5.75 Å². The van der Waals surface area contributed by atoms with Crippen LogP contribution in [0.2, 0.25) is 0 Å². The minimum Gasteiger partial charge on any atom is -0.349 e. The number of aromatic nitrogens is 2. The number of benzene rings is 1. The summed E-state index contributed by atoms with van der Waals surface area (Å²) in [5.41, 5.74) is 5.30. The fourth-order valence-corrected chi connectivity index (χ4v) is 3.05. The Morgan fingerprint density at radius 1 is 1.40 bits per heavy atom. The van der Waals surface area contributed by atoms with Crippen LogP contribution in [-0.2, 0) is 4.79 Å². The summed E-state index contributed by atoms with van der Waals surface area (Å²) in [5.74, 6) is 0.376. The van der Waals surface area contributed by atoms with Gasteiger partial charge in [0.15, 0.2) is 4.34 Å². The van der Waals surface area contributed by atoms with Crippen molar-refractivity contribution < 1.29 is 4.79 Å². The lowest BCUT2D eigenvalue weighted by Gasteiger charge is -2.15. The van der Waals surface area contributed by atoms with Crippen LogP contribution in [0.4, 0.5) is 0 Å². The van der Waals surface area contributed by atoms with Crippen molar-refractivity contribution in [2.24, 2.45) is 0 Å². The molecule has 0 saturated heterocycles. The molecule has 0 bridgehead atoms. The largest absolute Gasteiger partial charge is 0.349 e. The Kier molecular flexibility index (Phi) is 5.14. The molecule has 2 rings (SSSR count). The van der Waals surface area contributed by atoms with Gasteiger partial charge in [0.05, 0.1) is 11.8 Å². The second-order valence-corrected chi connectivity index (χ2v) is 6.68. The van der Waals surface area contributed by atoms with E-state index >= 15 is 0 Å². The predicted molar refractivity (Wildman–Crippen MR) is 83.1 cm³/mol. The second-order valence-electron chi connectivity index (χ2n) is 4.63. The van der Waals surface area contributed by atoms with Crippen molar-refractivity contribution in [3.8, 4) is 0 Å². The van der Waals surface area contributed by atoms with E-state index in [0.717, 1.165) is 9.90 Å².